The van der Waals surface area contributed by atoms with Crippen molar-refractivity contribution < 1.29 is 19.8 Å². The lowest BCUT2D eigenvalue weighted by Gasteiger charge is -2.13. The summed E-state index contributed by atoms with van der Waals surface area (Å²) >= 11 is 1.58. The van der Waals surface area contributed by atoms with Gasteiger partial charge in [0.15, 0.2) is 0 Å². The maximum Gasteiger partial charge on any atom is 0.326 e. The Hall–Kier alpha value is -1.69. The number of hydrogen-bond donors (Lipinski definition) is 3. The zero-order chi connectivity index (χ0) is 12.8. The van der Waals surface area contributed by atoms with Crippen molar-refractivity contribution in [2.45, 2.75) is 17.4 Å². The van der Waals surface area contributed by atoms with Gasteiger partial charge >= 0.3 is 11.9 Å². The van der Waals surface area contributed by atoms with Crippen LogP contribution in [-0.4, -0.2) is 34.4 Å². The van der Waals surface area contributed by atoms with Gasteiger partial charge in [-0.1, -0.05) is 0 Å². The second-order valence-electron chi connectivity index (χ2n) is 3.36. The first-order chi connectivity index (χ1) is 8.02. The zero-order valence-electron chi connectivity index (χ0n) is 9.21. The van der Waals surface area contributed by atoms with Gasteiger partial charge < -0.3 is 15.5 Å². The SMILES string of the molecule is CSc1ccc(NC(CC(=O)O)C(=O)O)cc1. The van der Waals surface area contributed by atoms with Crippen LogP contribution in [0.3, 0.4) is 0 Å². The molecule has 0 radical (unpaired) electrons. The second-order valence-corrected chi connectivity index (χ2v) is 4.24. The molecule has 5 nitrogen and oxygen atoms in total. The van der Waals surface area contributed by atoms with Crippen LogP contribution in [0.1, 0.15) is 6.42 Å². The molecule has 0 saturated heterocycles. The maximum absolute atomic E-state index is 10.8. The standard InChI is InChI=1S/C11H13NO4S/c1-17-8-4-2-7(3-5-8)12-9(11(15)16)6-10(13)14/h2-5,9,12H,6H2,1H3,(H,13,14)(H,15,16). The molecule has 0 fully saturated rings. The van der Waals surface area contributed by atoms with Crippen LogP contribution in [0.15, 0.2) is 29.2 Å². The molecule has 6 heteroatoms. The zero-order valence-corrected chi connectivity index (χ0v) is 10.0. The van der Waals surface area contributed by atoms with E-state index in [-0.39, 0.29) is 0 Å². The second kappa shape index (κ2) is 6.15. The van der Waals surface area contributed by atoms with Crippen LogP contribution in [0.25, 0.3) is 0 Å². The molecule has 1 rings (SSSR count). The van der Waals surface area contributed by atoms with Crippen molar-refractivity contribution in [3.05, 3.63) is 24.3 Å². The van der Waals surface area contributed by atoms with Crippen molar-refractivity contribution in [1.29, 1.82) is 0 Å². The summed E-state index contributed by atoms with van der Waals surface area (Å²) in [6.07, 6.45) is 1.48. The number of carboxylic acid groups (broad SMARTS) is 2. The first kappa shape index (κ1) is 13.4. The van der Waals surface area contributed by atoms with Crippen molar-refractivity contribution >= 4 is 29.4 Å². The largest absolute Gasteiger partial charge is 0.481 e. The molecule has 1 aromatic rings. The van der Waals surface area contributed by atoms with Crippen molar-refractivity contribution in [3.8, 4) is 0 Å². The number of carbonyl (C=O) groups is 2. The molecular formula is C11H13NO4S. The summed E-state index contributed by atoms with van der Waals surface area (Å²) in [4.78, 5) is 22.4. The summed E-state index contributed by atoms with van der Waals surface area (Å²) in [6, 6.07) is 6.01. The van der Waals surface area contributed by atoms with Crippen LogP contribution < -0.4 is 5.32 Å². The van der Waals surface area contributed by atoms with E-state index in [0.29, 0.717) is 5.69 Å². The van der Waals surface area contributed by atoms with Crippen LogP contribution in [0.5, 0.6) is 0 Å². The third kappa shape index (κ3) is 4.36. The van der Waals surface area contributed by atoms with E-state index in [2.05, 4.69) is 5.32 Å². The van der Waals surface area contributed by atoms with Gasteiger partial charge in [-0.15, -0.1) is 11.8 Å². The van der Waals surface area contributed by atoms with Crippen LogP contribution in [-0.2, 0) is 9.59 Å². The summed E-state index contributed by atoms with van der Waals surface area (Å²) in [6.45, 7) is 0. The quantitative estimate of drug-likeness (QED) is 0.671. The van der Waals surface area contributed by atoms with E-state index >= 15 is 0 Å². The van der Waals surface area contributed by atoms with Gasteiger partial charge in [0.2, 0.25) is 0 Å². The van der Waals surface area contributed by atoms with E-state index in [1.807, 2.05) is 18.4 Å². The molecule has 1 unspecified atom stereocenters. The number of rotatable bonds is 6. The van der Waals surface area contributed by atoms with E-state index in [1.165, 1.54) is 0 Å². The molecule has 0 amide bonds. The molecule has 3 N–H and O–H groups in total. The number of carboxylic acids is 2. The van der Waals surface area contributed by atoms with Gasteiger partial charge in [0.1, 0.15) is 6.04 Å². The fourth-order valence-corrected chi connectivity index (χ4v) is 1.67. The lowest BCUT2D eigenvalue weighted by Crippen LogP contribution is -2.31. The molecule has 92 valence electrons. The number of anilines is 1. The van der Waals surface area contributed by atoms with Gasteiger partial charge in [-0.2, -0.15) is 0 Å². The predicted octanol–water partition coefficient (Wildman–Crippen LogP) is 1.75. The lowest BCUT2D eigenvalue weighted by atomic mass is 10.2. The Kier molecular flexibility index (Phi) is 4.84. The normalized spacial score (nSPS) is 11.8. The fraction of sp³-hybridized carbons (Fsp3) is 0.273. The highest BCUT2D eigenvalue weighted by molar-refractivity contribution is 7.98. The van der Waals surface area contributed by atoms with E-state index < -0.39 is 24.4 Å². The molecule has 0 aromatic heterocycles. The topological polar surface area (TPSA) is 86.6 Å². The molecule has 0 aliphatic rings. The summed E-state index contributed by atoms with van der Waals surface area (Å²) in [7, 11) is 0. The third-order valence-electron chi connectivity index (χ3n) is 2.11. The summed E-state index contributed by atoms with van der Waals surface area (Å²) < 4.78 is 0. The highest BCUT2D eigenvalue weighted by Crippen LogP contribution is 2.18. The Labute approximate surface area is 103 Å². The molecule has 0 saturated carbocycles. The van der Waals surface area contributed by atoms with Crippen molar-refractivity contribution in [3.63, 3.8) is 0 Å². The van der Waals surface area contributed by atoms with Gasteiger partial charge in [0.25, 0.3) is 0 Å². The van der Waals surface area contributed by atoms with Gasteiger partial charge in [-0.25, -0.2) is 4.79 Å². The molecule has 17 heavy (non-hydrogen) atoms. The summed E-state index contributed by atoms with van der Waals surface area (Å²) in [5.74, 6) is -2.33. The van der Waals surface area contributed by atoms with Gasteiger partial charge in [-0.05, 0) is 30.5 Å². The number of benzene rings is 1. The molecule has 0 aliphatic carbocycles. The van der Waals surface area contributed by atoms with Gasteiger partial charge in [0, 0.05) is 10.6 Å². The first-order valence-corrected chi connectivity index (χ1v) is 6.10. The molecule has 1 aromatic carbocycles. The Morgan fingerprint density at radius 1 is 1.29 bits per heavy atom. The number of thioether (sulfide) groups is 1. The predicted molar refractivity (Wildman–Crippen MR) is 65.5 cm³/mol. The minimum absolute atomic E-state index is 0.459. The Morgan fingerprint density at radius 3 is 2.29 bits per heavy atom. The van der Waals surface area contributed by atoms with Crippen LogP contribution in [0.4, 0.5) is 5.69 Å². The van der Waals surface area contributed by atoms with Crippen molar-refractivity contribution in [2.75, 3.05) is 11.6 Å². The average Bonchev–Trinajstić information content (AvgIpc) is 2.28. The lowest BCUT2D eigenvalue weighted by molar-refractivity contribution is -0.144. The number of hydrogen-bond acceptors (Lipinski definition) is 4. The Bertz CT molecular complexity index is 404. The highest BCUT2D eigenvalue weighted by Gasteiger charge is 2.20. The van der Waals surface area contributed by atoms with Crippen LogP contribution in [0.2, 0.25) is 0 Å². The smallest absolute Gasteiger partial charge is 0.326 e. The van der Waals surface area contributed by atoms with Crippen LogP contribution >= 0.6 is 11.8 Å². The highest BCUT2D eigenvalue weighted by atomic mass is 32.2. The molecule has 1 atom stereocenters. The molecule has 0 spiro atoms. The Morgan fingerprint density at radius 2 is 1.88 bits per heavy atom. The molecule has 0 aliphatic heterocycles. The third-order valence-corrected chi connectivity index (χ3v) is 2.85. The van der Waals surface area contributed by atoms with Crippen molar-refractivity contribution in [2.24, 2.45) is 0 Å². The van der Waals surface area contributed by atoms with E-state index in [1.54, 1.807) is 23.9 Å². The van der Waals surface area contributed by atoms with Gasteiger partial charge in [0.05, 0.1) is 6.42 Å². The number of nitrogens with one attached hydrogen (secondary N) is 1. The first-order valence-electron chi connectivity index (χ1n) is 4.88. The molecule has 0 heterocycles. The maximum atomic E-state index is 10.8. The number of aliphatic carboxylic acids is 2. The fourth-order valence-electron chi connectivity index (χ4n) is 1.26. The van der Waals surface area contributed by atoms with Crippen molar-refractivity contribution in [1.82, 2.24) is 0 Å². The van der Waals surface area contributed by atoms with Gasteiger partial charge in [-0.3, -0.25) is 4.79 Å². The average molecular weight is 255 g/mol. The monoisotopic (exact) mass is 255 g/mol. The van der Waals surface area contributed by atoms with E-state index in [9.17, 15) is 9.59 Å². The molecular weight excluding hydrogens is 242 g/mol. The van der Waals surface area contributed by atoms with Crippen LogP contribution in [0, 0.1) is 0 Å². The minimum Gasteiger partial charge on any atom is -0.481 e. The van der Waals surface area contributed by atoms with E-state index in [4.69, 9.17) is 10.2 Å². The summed E-state index contributed by atoms with van der Waals surface area (Å²) in [5, 5.41) is 20.1. The summed E-state index contributed by atoms with van der Waals surface area (Å²) in [5.41, 5.74) is 0.594. The Balaban J connectivity index is 2.71. The molecule has 0 bridgehead atoms. The van der Waals surface area contributed by atoms with E-state index in [0.717, 1.165) is 4.90 Å². The minimum atomic E-state index is -1.18.